The van der Waals surface area contributed by atoms with Crippen molar-refractivity contribution in [2.24, 2.45) is 5.92 Å². The number of carbonyl (C=O) groups is 2. The van der Waals surface area contributed by atoms with Gasteiger partial charge in [-0.05, 0) is 36.6 Å². The van der Waals surface area contributed by atoms with Crippen LogP contribution in [0.3, 0.4) is 0 Å². The van der Waals surface area contributed by atoms with E-state index in [0.717, 1.165) is 22.5 Å². The van der Waals surface area contributed by atoms with Crippen LogP contribution in [-0.4, -0.2) is 51.1 Å². The zero-order chi connectivity index (χ0) is 26.4. The molecule has 0 saturated carbocycles. The average molecular weight is 514 g/mol. The molecule has 0 radical (unpaired) electrons. The number of nitrogens with zero attached hydrogens (tertiary/aromatic N) is 5. The highest BCUT2D eigenvalue weighted by atomic mass is 16.5. The van der Waals surface area contributed by atoms with Crippen molar-refractivity contribution < 1.29 is 19.4 Å². The van der Waals surface area contributed by atoms with Crippen LogP contribution in [0.25, 0.3) is 0 Å². The quantitative estimate of drug-likeness (QED) is 0.366. The summed E-state index contributed by atoms with van der Waals surface area (Å²) in [7, 11) is 0. The normalized spacial score (nSPS) is 25.1. The Morgan fingerprint density at radius 2 is 2.05 bits per heavy atom. The highest BCUT2D eigenvalue weighted by Gasteiger charge is 2.60. The summed E-state index contributed by atoms with van der Waals surface area (Å²) in [4.78, 5) is 29.5. The maximum Gasteiger partial charge on any atom is 0.264 e. The lowest BCUT2D eigenvalue weighted by Gasteiger charge is -2.32. The van der Waals surface area contributed by atoms with Crippen LogP contribution in [0, 0.1) is 5.92 Å². The molecular weight excluding hydrogens is 482 g/mol. The molecule has 2 saturated heterocycles. The van der Waals surface area contributed by atoms with Gasteiger partial charge in [-0.2, -0.15) is 0 Å². The number of benzene rings is 2. The predicted molar refractivity (Wildman–Crippen MR) is 141 cm³/mol. The minimum Gasteiger partial charge on any atom is -0.382 e. The average Bonchev–Trinajstić information content (AvgIpc) is 3.59. The number of aliphatic hydroxyl groups is 1. The summed E-state index contributed by atoms with van der Waals surface area (Å²) in [5.74, 6) is -0.0419. The van der Waals surface area contributed by atoms with Gasteiger partial charge >= 0.3 is 0 Å². The fourth-order valence-electron chi connectivity index (χ4n) is 5.93. The van der Waals surface area contributed by atoms with E-state index in [-0.39, 0.29) is 23.8 Å². The number of ether oxygens (including phenoxy) is 1. The third kappa shape index (κ3) is 3.85. The molecule has 3 aliphatic heterocycles. The maximum absolute atomic E-state index is 13.9. The van der Waals surface area contributed by atoms with E-state index in [9.17, 15) is 14.7 Å². The number of aryl methyl sites for hydroxylation is 1. The molecule has 3 aromatic rings. The van der Waals surface area contributed by atoms with Gasteiger partial charge in [-0.1, -0.05) is 48.5 Å². The van der Waals surface area contributed by atoms with Crippen LogP contribution in [0.15, 0.2) is 67.4 Å². The van der Waals surface area contributed by atoms with Crippen molar-refractivity contribution in [3.63, 3.8) is 0 Å². The number of hydrogen-bond acceptors (Lipinski definition) is 6. The molecule has 1 spiro atoms. The molecule has 38 heavy (non-hydrogen) atoms. The number of aromatic nitrogens is 3. The number of aliphatic hydroxyl groups excluding tert-OH is 1. The van der Waals surface area contributed by atoms with E-state index in [2.05, 4.69) is 23.8 Å². The zero-order valence-corrected chi connectivity index (χ0v) is 21.4. The van der Waals surface area contributed by atoms with E-state index in [1.165, 1.54) is 0 Å². The van der Waals surface area contributed by atoms with Crippen LogP contribution in [0.1, 0.15) is 49.1 Å². The number of anilines is 2. The summed E-state index contributed by atoms with van der Waals surface area (Å²) >= 11 is 0. The molecule has 9 nitrogen and oxygen atoms in total. The Hall–Kier alpha value is -3.82. The van der Waals surface area contributed by atoms with Crippen LogP contribution in [0.2, 0.25) is 0 Å². The Bertz CT molecular complexity index is 1390. The summed E-state index contributed by atoms with van der Waals surface area (Å²) < 4.78 is 8.37. The van der Waals surface area contributed by atoms with Gasteiger partial charge < -0.3 is 19.6 Å². The van der Waals surface area contributed by atoms with Crippen molar-refractivity contribution in [3.8, 4) is 0 Å². The van der Waals surface area contributed by atoms with Crippen molar-refractivity contribution in [1.29, 1.82) is 0 Å². The van der Waals surface area contributed by atoms with E-state index < -0.39 is 11.7 Å². The monoisotopic (exact) mass is 513 g/mol. The van der Waals surface area contributed by atoms with Gasteiger partial charge in [0, 0.05) is 43.2 Å². The molecular formula is C29H31N5O4. The molecule has 4 heterocycles. The van der Waals surface area contributed by atoms with Gasteiger partial charge in [0.1, 0.15) is 11.8 Å². The number of rotatable bonds is 8. The highest BCUT2D eigenvalue weighted by molar-refractivity contribution is 6.09. The third-order valence-corrected chi connectivity index (χ3v) is 8.00. The SMILES string of the molecule is C=CCN1C(=O)[C@]2(O[C@H](CCn3cc([C@H](O)c4ccccc4)nn3)C[C@@H]2C)c2cc(N3CCC3=O)ccc21. The van der Waals surface area contributed by atoms with Crippen molar-refractivity contribution in [1.82, 2.24) is 15.0 Å². The molecule has 196 valence electrons. The number of fused-ring (bicyclic) bond motifs is 2. The second-order valence-corrected chi connectivity index (χ2v) is 10.3. The van der Waals surface area contributed by atoms with Crippen molar-refractivity contribution in [3.05, 3.63) is 84.2 Å². The van der Waals surface area contributed by atoms with Crippen molar-refractivity contribution >= 4 is 23.2 Å². The number of β-lactam (4-membered cyclic amide) rings is 1. The first-order valence-corrected chi connectivity index (χ1v) is 13.1. The molecule has 3 aliphatic rings. The number of carbonyl (C=O) groups excluding carboxylic acids is 2. The summed E-state index contributed by atoms with van der Waals surface area (Å²) in [6, 6.07) is 15.1. The lowest BCUT2D eigenvalue weighted by Crippen LogP contribution is -2.44. The Labute approximate surface area is 221 Å². The molecule has 6 rings (SSSR count). The standard InChI is InChI=1S/C29H31N5O4/c1-3-13-34-25-10-9-21(33-15-12-26(33)35)17-23(25)29(28(34)37)19(2)16-22(38-29)11-14-32-18-24(30-31-32)27(36)20-7-5-4-6-8-20/h3-10,17-19,22,27,36H,1,11-16H2,2H3/t19-,22+,27+,29+/m0/s1. The van der Waals surface area contributed by atoms with E-state index in [1.807, 2.05) is 48.5 Å². The smallest absolute Gasteiger partial charge is 0.264 e. The Kier molecular flexibility index (Phi) is 6.12. The van der Waals surface area contributed by atoms with Crippen LogP contribution >= 0.6 is 0 Å². The second kappa shape index (κ2) is 9.49. The number of amides is 2. The van der Waals surface area contributed by atoms with Crippen LogP contribution in [0.5, 0.6) is 0 Å². The molecule has 1 N–H and O–H groups in total. The highest BCUT2D eigenvalue weighted by Crippen LogP contribution is 2.54. The van der Waals surface area contributed by atoms with Crippen LogP contribution in [-0.2, 0) is 26.5 Å². The molecule has 4 atom stereocenters. The lowest BCUT2D eigenvalue weighted by atomic mass is 9.82. The Balaban J connectivity index is 1.21. The Morgan fingerprint density at radius 1 is 1.24 bits per heavy atom. The van der Waals surface area contributed by atoms with Gasteiger partial charge in [0.2, 0.25) is 5.91 Å². The van der Waals surface area contributed by atoms with E-state index in [4.69, 9.17) is 4.74 Å². The molecule has 2 fully saturated rings. The molecule has 2 amide bonds. The van der Waals surface area contributed by atoms with Crippen molar-refractivity contribution in [2.45, 2.75) is 50.5 Å². The number of hydrogen-bond donors (Lipinski definition) is 1. The summed E-state index contributed by atoms with van der Waals surface area (Å²) in [6.45, 7) is 7.52. The third-order valence-electron chi connectivity index (χ3n) is 8.00. The lowest BCUT2D eigenvalue weighted by molar-refractivity contribution is -0.145. The summed E-state index contributed by atoms with van der Waals surface area (Å²) in [5.41, 5.74) is 2.60. The molecule has 1 aromatic heterocycles. The van der Waals surface area contributed by atoms with Crippen molar-refractivity contribution in [2.75, 3.05) is 22.9 Å². The molecule has 9 heteroatoms. The van der Waals surface area contributed by atoms with E-state index in [1.54, 1.807) is 26.8 Å². The van der Waals surface area contributed by atoms with Gasteiger partial charge in [-0.25, -0.2) is 0 Å². The van der Waals surface area contributed by atoms with Crippen LogP contribution < -0.4 is 9.80 Å². The summed E-state index contributed by atoms with van der Waals surface area (Å²) in [6.07, 6.45) is 4.38. The first-order valence-electron chi connectivity index (χ1n) is 13.1. The van der Waals surface area contributed by atoms with Gasteiger partial charge in [0.05, 0.1) is 18.0 Å². The van der Waals surface area contributed by atoms with Gasteiger partial charge in [-0.3, -0.25) is 14.3 Å². The topological polar surface area (TPSA) is 101 Å². The summed E-state index contributed by atoms with van der Waals surface area (Å²) in [5, 5.41) is 19.0. The van der Waals surface area contributed by atoms with E-state index >= 15 is 0 Å². The van der Waals surface area contributed by atoms with Gasteiger partial charge in [-0.15, -0.1) is 11.7 Å². The largest absolute Gasteiger partial charge is 0.382 e. The van der Waals surface area contributed by atoms with Gasteiger partial charge in [0.25, 0.3) is 5.91 Å². The first-order chi connectivity index (χ1) is 18.4. The first kappa shape index (κ1) is 24.5. The Morgan fingerprint density at radius 3 is 2.76 bits per heavy atom. The molecule has 0 bridgehead atoms. The zero-order valence-electron chi connectivity index (χ0n) is 21.4. The van der Waals surface area contributed by atoms with Crippen LogP contribution in [0.4, 0.5) is 11.4 Å². The maximum atomic E-state index is 13.9. The van der Waals surface area contributed by atoms with Gasteiger partial charge in [0.15, 0.2) is 5.60 Å². The molecule has 0 aliphatic carbocycles. The predicted octanol–water partition coefficient (Wildman–Crippen LogP) is 3.34. The fraction of sp³-hybridized carbons (Fsp3) is 0.379. The van der Waals surface area contributed by atoms with E-state index in [0.29, 0.717) is 44.6 Å². The second-order valence-electron chi connectivity index (χ2n) is 10.3. The fourth-order valence-corrected chi connectivity index (χ4v) is 5.93. The minimum atomic E-state index is -1.09. The molecule has 2 aromatic carbocycles. The minimum absolute atomic E-state index is 0.0536. The molecule has 0 unspecified atom stereocenters.